The van der Waals surface area contributed by atoms with E-state index in [4.69, 9.17) is 5.26 Å². The summed E-state index contributed by atoms with van der Waals surface area (Å²) < 4.78 is 105. The summed E-state index contributed by atoms with van der Waals surface area (Å²) in [5, 5.41) is 15.0. The van der Waals surface area contributed by atoms with Gasteiger partial charge < -0.3 is 15.5 Å². The molecule has 0 unspecified atom stereocenters. The molecule has 3 rings (SSSR count). The fraction of sp³-hybridized carbons (Fsp3) is 0.414. The average molecular weight is 660 g/mol. The molecule has 0 spiro atoms. The molecule has 2 aromatic carbocycles. The topological polar surface area (TPSA) is 123 Å². The summed E-state index contributed by atoms with van der Waals surface area (Å²) in [4.78, 5) is 27.1. The van der Waals surface area contributed by atoms with Gasteiger partial charge in [-0.05, 0) is 64.1 Å². The van der Waals surface area contributed by atoms with Crippen LogP contribution in [0.15, 0.2) is 53.4 Å². The maximum Gasteiger partial charge on any atom is 0.417 e. The summed E-state index contributed by atoms with van der Waals surface area (Å²) in [6.07, 6.45) is -5.93. The van der Waals surface area contributed by atoms with Crippen molar-refractivity contribution >= 4 is 33.2 Å². The Morgan fingerprint density at radius 2 is 1.58 bits per heavy atom. The lowest BCUT2D eigenvalue weighted by Gasteiger charge is -2.27. The summed E-state index contributed by atoms with van der Waals surface area (Å²) in [5.41, 5.74) is -5.37. The van der Waals surface area contributed by atoms with E-state index in [9.17, 15) is 44.3 Å². The van der Waals surface area contributed by atoms with Gasteiger partial charge >= 0.3 is 18.4 Å². The number of hydrogen-bond donors (Lipinski definition) is 2. The summed E-state index contributed by atoms with van der Waals surface area (Å²) in [5.74, 6) is -0.803. The molecule has 0 radical (unpaired) electrons. The normalized spacial score (nSPS) is 16.0. The number of amides is 3. The van der Waals surface area contributed by atoms with Gasteiger partial charge in [0.2, 0.25) is 0 Å². The highest BCUT2D eigenvalue weighted by atomic mass is 32.2. The number of rotatable bonds is 10. The van der Waals surface area contributed by atoms with Crippen molar-refractivity contribution in [2.45, 2.75) is 56.0 Å². The Balaban J connectivity index is 1.67. The molecule has 0 aromatic heterocycles. The molecule has 0 bridgehead atoms. The van der Waals surface area contributed by atoms with Crippen LogP contribution in [0.4, 0.5) is 42.5 Å². The Kier molecular flexibility index (Phi) is 9.72. The van der Waals surface area contributed by atoms with E-state index >= 15 is 0 Å². The van der Waals surface area contributed by atoms with E-state index in [2.05, 4.69) is 10.6 Å². The van der Waals surface area contributed by atoms with Crippen LogP contribution in [-0.2, 0) is 27.0 Å². The highest BCUT2D eigenvalue weighted by Gasteiger charge is 2.52. The molecule has 1 aliphatic heterocycles. The second kappa shape index (κ2) is 12.4. The van der Waals surface area contributed by atoms with E-state index < -0.39 is 72.5 Å². The maximum atomic E-state index is 13.7. The Hall–Kier alpha value is -4.10. The highest BCUT2D eigenvalue weighted by molar-refractivity contribution is 7.90. The van der Waals surface area contributed by atoms with Gasteiger partial charge in [0.05, 0.1) is 33.3 Å². The van der Waals surface area contributed by atoms with Gasteiger partial charge in [-0.15, -0.1) is 0 Å². The van der Waals surface area contributed by atoms with Crippen LogP contribution in [0.3, 0.4) is 0 Å². The number of alkyl halides is 6. The minimum atomic E-state index is -5.07. The van der Waals surface area contributed by atoms with Crippen LogP contribution in [-0.4, -0.2) is 62.2 Å². The molecule has 1 fully saturated rings. The number of nitrogens with zero attached hydrogens (tertiary/aromatic N) is 3. The number of nitriles is 1. The molecule has 0 atom stereocenters. The minimum absolute atomic E-state index is 0.0898. The van der Waals surface area contributed by atoms with Gasteiger partial charge in [0.25, 0.3) is 5.91 Å². The summed E-state index contributed by atoms with van der Waals surface area (Å²) in [6.45, 7) is 6.79. The largest absolute Gasteiger partial charge is 0.417 e. The van der Waals surface area contributed by atoms with Gasteiger partial charge in [-0.1, -0.05) is 12.2 Å². The fourth-order valence-electron chi connectivity index (χ4n) is 4.54. The van der Waals surface area contributed by atoms with E-state index in [0.29, 0.717) is 23.3 Å². The number of carbonyl (C=O) groups excluding carboxylic acids is 2. The number of sulfone groups is 1. The van der Waals surface area contributed by atoms with Crippen molar-refractivity contribution in [2.24, 2.45) is 0 Å². The number of anilines is 2. The zero-order valence-corrected chi connectivity index (χ0v) is 25.7. The van der Waals surface area contributed by atoms with Crippen molar-refractivity contribution in [1.29, 1.82) is 5.26 Å². The molecule has 2 aromatic rings. The van der Waals surface area contributed by atoms with Gasteiger partial charge in [0, 0.05) is 37.1 Å². The Bertz CT molecular complexity index is 1660. The van der Waals surface area contributed by atoms with Crippen LogP contribution in [0, 0.1) is 11.3 Å². The Morgan fingerprint density at radius 1 is 0.956 bits per heavy atom. The zero-order valence-electron chi connectivity index (χ0n) is 24.9. The number of carbonyl (C=O) groups is 2. The summed E-state index contributed by atoms with van der Waals surface area (Å²) in [6, 6.07) is 6.08. The average Bonchev–Trinajstić information content (AvgIpc) is 3.08. The van der Waals surface area contributed by atoms with E-state index in [1.165, 1.54) is 26.0 Å². The third-order valence-electron chi connectivity index (χ3n) is 7.08. The molecule has 3 amide bonds. The molecule has 2 N–H and O–H groups in total. The summed E-state index contributed by atoms with van der Waals surface area (Å²) in [7, 11) is -4.26. The lowest BCUT2D eigenvalue weighted by atomic mass is 10.0. The smallest absolute Gasteiger partial charge is 0.383 e. The van der Waals surface area contributed by atoms with Crippen molar-refractivity contribution < 1.29 is 44.3 Å². The lowest BCUT2D eigenvalue weighted by Crippen LogP contribution is -2.45. The number of urea groups is 1. The first kappa shape index (κ1) is 35.4. The predicted molar refractivity (Wildman–Crippen MR) is 154 cm³/mol. The number of nitrogens with one attached hydrogen (secondary N) is 2. The molecule has 1 saturated heterocycles. The van der Waals surface area contributed by atoms with Crippen molar-refractivity contribution in [3.8, 4) is 6.07 Å². The van der Waals surface area contributed by atoms with Crippen molar-refractivity contribution in [1.82, 2.24) is 10.2 Å². The number of benzene rings is 2. The van der Waals surface area contributed by atoms with Crippen LogP contribution >= 0.6 is 0 Å². The third-order valence-corrected chi connectivity index (χ3v) is 8.24. The molecule has 16 heteroatoms. The first-order valence-corrected chi connectivity index (χ1v) is 15.2. The second-order valence-electron chi connectivity index (χ2n) is 11.5. The van der Waals surface area contributed by atoms with E-state index in [1.54, 1.807) is 26.0 Å². The molecule has 1 aliphatic rings. The second-order valence-corrected chi connectivity index (χ2v) is 13.5. The fourth-order valence-corrected chi connectivity index (χ4v) is 5.43. The number of halogens is 6. The standard InChI is InChI=1S/C29H31F6N5O4S/c1-26(2,17-37-19-9-8-18(16-36)21(14-19)28(30,31)32)38-12-6-7-13-39-25(42)40(24(41)27(39,3)4)20-10-11-23(45(5,43)44)22(15-20)29(33,34)35/h6-11,14-15,37-38H,12-13,17H2,1-5H3. The highest BCUT2D eigenvalue weighted by Crippen LogP contribution is 2.39. The number of imide groups is 1. The third kappa shape index (κ3) is 7.95. The van der Waals surface area contributed by atoms with E-state index in [1.807, 2.05) is 0 Å². The van der Waals surface area contributed by atoms with Gasteiger partial charge in [0.1, 0.15) is 5.54 Å². The van der Waals surface area contributed by atoms with Crippen molar-refractivity contribution in [3.63, 3.8) is 0 Å². The van der Waals surface area contributed by atoms with Crippen LogP contribution in [0.5, 0.6) is 0 Å². The molecular formula is C29H31F6N5O4S. The predicted octanol–water partition coefficient (Wildman–Crippen LogP) is 5.58. The van der Waals surface area contributed by atoms with Gasteiger partial charge in [0.15, 0.2) is 9.84 Å². The molecule has 0 saturated carbocycles. The Morgan fingerprint density at radius 3 is 2.13 bits per heavy atom. The first-order chi connectivity index (χ1) is 20.5. The SMILES string of the molecule is CC(C)(CNc1ccc(C#N)c(C(F)(F)F)c1)NCC=CCN1C(=O)N(c2ccc(S(C)(=O)=O)c(C(F)(F)F)c2)C(=O)C1(C)C. The van der Waals surface area contributed by atoms with Crippen LogP contribution in [0.25, 0.3) is 0 Å². The van der Waals surface area contributed by atoms with E-state index in [0.717, 1.165) is 23.1 Å². The van der Waals surface area contributed by atoms with Crippen LogP contribution in [0.1, 0.15) is 44.4 Å². The van der Waals surface area contributed by atoms with E-state index in [-0.39, 0.29) is 25.3 Å². The lowest BCUT2D eigenvalue weighted by molar-refractivity contribution is -0.140. The monoisotopic (exact) mass is 659 g/mol. The molecule has 45 heavy (non-hydrogen) atoms. The zero-order chi connectivity index (χ0) is 34.2. The van der Waals surface area contributed by atoms with Gasteiger partial charge in [-0.2, -0.15) is 31.6 Å². The van der Waals surface area contributed by atoms with Gasteiger partial charge in [-0.3, -0.25) is 4.79 Å². The van der Waals surface area contributed by atoms with Crippen molar-refractivity contribution in [2.75, 3.05) is 36.1 Å². The Labute approximate surface area is 256 Å². The first-order valence-electron chi connectivity index (χ1n) is 13.3. The molecule has 0 aliphatic carbocycles. The van der Waals surface area contributed by atoms with Crippen LogP contribution < -0.4 is 15.5 Å². The molecule has 9 nitrogen and oxygen atoms in total. The quantitative estimate of drug-likeness (QED) is 0.194. The van der Waals surface area contributed by atoms with Gasteiger partial charge in [-0.25, -0.2) is 18.1 Å². The number of hydrogen-bond acceptors (Lipinski definition) is 7. The minimum Gasteiger partial charge on any atom is -0.383 e. The van der Waals surface area contributed by atoms with Crippen molar-refractivity contribution in [3.05, 3.63) is 65.2 Å². The summed E-state index contributed by atoms with van der Waals surface area (Å²) >= 11 is 0. The molecule has 1 heterocycles. The molecule has 244 valence electrons. The maximum absolute atomic E-state index is 13.7. The van der Waals surface area contributed by atoms with Crippen LogP contribution in [0.2, 0.25) is 0 Å². The molecular weight excluding hydrogens is 628 g/mol.